The second-order valence-electron chi connectivity index (χ2n) is 4.18. The summed E-state index contributed by atoms with van der Waals surface area (Å²) in [5, 5.41) is 11.9. The minimum absolute atomic E-state index is 0.327. The Balaban J connectivity index is 2.41. The lowest BCUT2D eigenvalue weighted by Crippen LogP contribution is -2.10. The molecule has 0 fully saturated rings. The van der Waals surface area contributed by atoms with Crippen LogP contribution in [0.4, 0.5) is 11.4 Å². The fraction of sp³-hybridized carbons (Fsp3) is 0.357. The van der Waals surface area contributed by atoms with Crippen molar-refractivity contribution in [2.75, 3.05) is 30.8 Å². The van der Waals surface area contributed by atoms with E-state index >= 15 is 0 Å². The smallest absolute Gasteiger partial charge is 0.0672 e. The normalized spacial score (nSPS) is 9.78. The number of benzene rings is 1. The second-order valence-corrected chi connectivity index (χ2v) is 4.18. The van der Waals surface area contributed by atoms with E-state index in [1.54, 1.807) is 0 Å². The summed E-state index contributed by atoms with van der Waals surface area (Å²) in [6.07, 6.45) is 0.327. The van der Waals surface area contributed by atoms with E-state index in [1.165, 1.54) is 0 Å². The molecule has 0 aromatic heterocycles. The third-order valence-electron chi connectivity index (χ3n) is 2.34. The standard InChI is InChI=1S/C14H19N3O/c1-11(2)10-18-8-7-17-13-3-4-14(16)12(9-13)5-6-15/h3-4,9,17H,1,5,7-8,10,16H2,2H3. The average molecular weight is 245 g/mol. The number of nitrogens with zero attached hydrogens (tertiary/aromatic N) is 1. The maximum atomic E-state index is 8.68. The number of anilines is 2. The molecular formula is C14H19N3O. The van der Waals surface area contributed by atoms with E-state index in [2.05, 4.69) is 18.0 Å². The molecule has 0 bridgehead atoms. The Labute approximate surface area is 108 Å². The molecule has 0 aliphatic carbocycles. The van der Waals surface area contributed by atoms with Gasteiger partial charge in [0.15, 0.2) is 0 Å². The molecule has 0 atom stereocenters. The molecule has 4 heteroatoms. The van der Waals surface area contributed by atoms with Crippen LogP contribution in [0.5, 0.6) is 0 Å². The predicted molar refractivity (Wildman–Crippen MR) is 74.3 cm³/mol. The molecule has 0 aliphatic rings. The highest BCUT2D eigenvalue weighted by atomic mass is 16.5. The van der Waals surface area contributed by atoms with E-state index in [4.69, 9.17) is 15.7 Å². The van der Waals surface area contributed by atoms with Crippen molar-refractivity contribution in [2.24, 2.45) is 0 Å². The van der Waals surface area contributed by atoms with Gasteiger partial charge in [0.25, 0.3) is 0 Å². The van der Waals surface area contributed by atoms with Crippen LogP contribution in [-0.2, 0) is 11.2 Å². The van der Waals surface area contributed by atoms with E-state index < -0.39 is 0 Å². The van der Waals surface area contributed by atoms with Crippen molar-refractivity contribution >= 4 is 11.4 Å². The van der Waals surface area contributed by atoms with Crippen molar-refractivity contribution in [2.45, 2.75) is 13.3 Å². The minimum Gasteiger partial charge on any atom is -0.398 e. The van der Waals surface area contributed by atoms with Crippen molar-refractivity contribution in [1.82, 2.24) is 0 Å². The monoisotopic (exact) mass is 245 g/mol. The first-order chi connectivity index (χ1) is 8.63. The zero-order valence-corrected chi connectivity index (χ0v) is 10.7. The molecule has 4 nitrogen and oxygen atoms in total. The topological polar surface area (TPSA) is 71.1 Å². The van der Waals surface area contributed by atoms with Gasteiger partial charge in [0.1, 0.15) is 0 Å². The summed E-state index contributed by atoms with van der Waals surface area (Å²) in [7, 11) is 0. The van der Waals surface area contributed by atoms with Gasteiger partial charge in [0.2, 0.25) is 0 Å². The number of nitriles is 1. The van der Waals surface area contributed by atoms with Gasteiger partial charge in [-0.15, -0.1) is 0 Å². The average Bonchev–Trinajstić information content (AvgIpc) is 2.32. The lowest BCUT2D eigenvalue weighted by Gasteiger charge is -2.09. The molecule has 96 valence electrons. The number of nitrogen functional groups attached to an aromatic ring is 1. The van der Waals surface area contributed by atoms with Gasteiger partial charge in [-0.2, -0.15) is 5.26 Å². The molecule has 0 saturated heterocycles. The second kappa shape index (κ2) is 7.36. The number of rotatable bonds is 7. The quantitative estimate of drug-likeness (QED) is 0.439. The Morgan fingerprint density at radius 3 is 3.00 bits per heavy atom. The summed E-state index contributed by atoms with van der Waals surface area (Å²) in [5.41, 5.74) is 9.24. The molecule has 1 rings (SSSR count). The van der Waals surface area contributed by atoms with Crippen molar-refractivity contribution in [3.8, 4) is 6.07 Å². The van der Waals surface area contributed by atoms with Crippen LogP contribution in [0, 0.1) is 11.3 Å². The van der Waals surface area contributed by atoms with E-state index in [9.17, 15) is 0 Å². The summed E-state index contributed by atoms with van der Waals surface area (Å²) in [4.78, 5) is 0. The number of hydrogen-bond acceptors (Lipinski definition) is 4. The van der Waals surface area contributed by atoms with Crippen LogP contribution in [0.2, 0.25) is 0 Å². The summed E-state index contributed by atoms with van der Waals surface area (Å²) in [5.74, 6) is 0. The van der Waals surface area contributed by atoms with Gasteiger partial charge in [-0.25, -0.2) is 0 Å². The molecule has 3 N–H and O–H groups in total. The minimum atomic E-state index is 0.327. The molecular weight excluding hydrogens is 226 g/mol. The van der Waals surface area contributed by atoms with Crippen LogP contribution in [0.3, 0.4) is 0 Å². The molecule has 0 radical (unpaired) electrons. The number of nitrogens with two attached hydrogens (primary N) is 1. The van der Waals surface area contributed by atoms with Gasteiger partial charge in [-0.3, -0.25) is 0 Å². The first-order valence-electron chi connectivity index (χ1n) is 5.85. The first kappa shape index (κ1) is 14.1. The number of nitrogens with one attached hydrogen (secondary N) is 1. The Hall–Kier alpha value is -1.99. The van der Waals surface area contributed by atoms with Crippen LogP contribution in [0.25, 0.3) is 0 Å². The van der Waals surface area contributed by atoms with Crippen LogP contribution in [-0.4, -0.2) is 19.8 Å². The van der Waals surface area contributed by atoms with Crippen molar-refractivity contribution in [3.05, 3.63) is 35.9 Å². The Morgan fingerprint density at radius 1 is 1.56 bits per heavy atom. The molecule has 0 saturated carbocycles. The lowest BCUT2D eigenvalue weighted by atomic mass is 10.1. The number of ether oxygens (including phenoxy) is 1. The van der Waals surface area contributed by atoms with E-state index in [1.807, 2.05) is 25.1 Å². The zero-order valence-electron chi connectivity index (χ0n) is 10.7. The number of hydrogen-bond donors (Lipinski definition) is 2. The zero-order chi connectivity index (χ0) is 13.4. The Bertz CT molecular complexity index is 449. The van der Waals surface area contributed by atoms with Gasteiger partial charge < -0.3 is 15.8 Å². The highest BCUT2D eigenvalue weighted by Crippen LogP contribution is 2.17. The van der Waals surface area contributed by atoms with Gasteiger partial charge in [0.05, 0.1) is 25.7 Å². The molecule has 0 unspecified atom stereocenters. The third kappa shape index (κ3) is 4.89. The Kier molecular flexibility index (Phi) is 5.75. The highest BCUT2D eigenvalue weighted by molar-refractivity contribution is 5.57. The molecule has 0 spiro atoms. The van der Waals surface area contributed by atoms with E-state index in [0.717, 1.165) is 16.8 Å². The summed E-state index contributed by atoms with van der Waals surface area (Å²) in [6.45, 7) is 7.61. The summed E-state index contributed by atoms with van der Waals surface area (Å²) < 4.78 is 5.38. The Morgan fingerprint density at radius 2 is 2.33 bits per heavy atom. The van der Waals surface area contributed by atoms with Gasteiger partial charge in [-0.05, 0) is 30.7 Å². The SMILES string of the molecule is C=C(C)COCCNc1ccc(N)c(CC#N)c1. The van der Waals surface area contributed by atoms with Crippen molar-refractivity contribution in [1.29, 1.82) is 5.26 Å². The summed E-state index contributed by atoms with van der Waals surface area (Å²) >= 11 is 0. The van der Waals surface area contributed by atoms with Crippen molar-refractivity contribution in [3.63, 3.8) is 0 Å². The summed E-state index contributed by atoms with van der Waals surface area (Å²) in [6, 6.07) is 7.71. The van der Waals surface area contributed by atoms with E-state index in [0.29, 0.717) is 31.9 Å². The molecule has 0 amide bonds. The third-order valence-corrected chi connectivity index (χ3v) is 2.34. The maximum absolute atomic E-state index is 8.68. The van der Waals surface area contributed by atoms with Gasteiger partial charge in [-0.1, -0.05) is 12.2 Å². The van der Waals surface area contributed by atoms with Crippen molar-refractivity contribution < 1.29 is 4.74 Å². The van der Waals surface area contributed by atoms with Gasteiger partial charge in [0, 0.05) is 17.9 Å². The largest absolute Gasteiger partial charge is 0.398 e. The fourth-order valence-corrected chi connectivity index (χ4v) is 1.47. The van der Waals surface area contributed by atoms with Gasteiger partial charge >= 0.3 is 0 Å². The predicted octanol–water partition coefficient (Wildman–Crippen LogP) is 2.34. The highest BCUT2D eigenvalue weighted by Gasteiger charge is 2.00. The molecule has 0 aliphatic heterocycles. The van der Waals surface area contributed by atoms with E-state index in [-0.39, 0.29) is 0 Å². The molecule has 0 heterocycles. The van der Waals surface area contributed by atoms with Crippen LogP contribution in [0.15, 0.2) is 30.4 Å². The maximum Gasteiger partial charge on any atom is 0.0672 e. The van der Waals surface area contributed by atoms with Crippen LogP contribution in [0.1, 0.15) is 12.5 Å². The van der Waals surface area contributed by atoms with Crippen LogP contribution < -0.4 is 11.1 Å². The van der Waals surface area contributed by atoms with Crippen LogP contribution >= 0.6 is 0 Å². The molecule has 18 heavy (non-hydrogen) atoms. The molecule has 1 aromatic rings. The first-order valence-corrected chi connectivity index (χ1v) is 5.85. The molecule has 1 aromatic carbocycles. The lowest BCUT2D eigenvalue weighted by molar-refractivity contribution is 0.167. The fourth-order valence-electron chi connectivity index (χ4n) is 1.47.